The van der Waals surface area contributed by atoms with Crippen molar-refractivity contribution in [2.24, 2.45) is 0 Å². The number of sulfone groups is 1. The van der Waals surface area contributed by atoms with Gasteiger partial charge in [0.1, 0.15) is 0 Å². The summed E-state index contributed by atoms with van der Waals surface area (Å²) in [6, 6.07) is 0.598. The molecule has 0 aromatic rings. The fraction of sp³-hybridized carbons (Fsp3) is 1.00. The summed E-state index contributed by atoms with van der Waals surface area (Å²) in [6.45, 7) is 3.52. The summed E-state index contributed by atoms with van der Waals surface area (Å²) >= 11 is 0. The van der Waals surface area contributed by atoms with Gasteiger partial charge >= 0.3 is 0 Å². The first kappa shape index (κ1) is 11.2. The number of hydrogen-bond donors (Lipinski definition) is 1. The van der Waals surface area contributed by atoms with Crippen LogP contribution < -0.4 is 5.32 Å². The van der Waals surface area contributed by atoms with Crippen molar-refractivity contribution in [3.8, 4) is 0 Å². The third kappa shape index (κ3) is 2.56. The molecule has 2 aliphatic heterocycles. The summed E-state index contributed by atoms with van der Waals surface area (Å²) in [5, 5.41) is 3.19. The van der Waals surface area contributed by atoms with Crippen LogP contribution in [0.4, 0.5) is 0 Å². The van der Waals surface area contributed by atoms with Gasteiger partial charge < -0.3 is 5.32 Å². The van der Waals surface area contributed by atoms with Crippen LogP contribution in [0.1, 0.15) is 0 Å². The second-order valence-electron chi connectivity index (χ2n) is 3.50. The van der Waals surface area contributed by atoms with Crippen LogP contribution >= 0.6 is 12.4 Å². The van der Waals surface area contributed by atoms with Crippen LogP contribution in [-0.2, 0) is 9.84 Å². The number of rotatable bonds is 1. The molecule has 0 bridgehead atoms. The minimum absolute atomic E-state index is 0. The highest BCUT2D eigenvalue weighted by atomic mass is 35.5. The Morgan fingerprint density at radius 3 is 2.08 bits per heavy atom. The molecule has 6 heteroatoms. The molecular formula is C7H15ClN2O2S. The molecular weight excluding hydrogens is 212 g/mol. The second kappa shape index (κ2) is 4.13. The topological polar surface area (TPSA) is 49.4 Å². The molecule has 1 N–H and O–H groups in total. The lowest BCUT2D eigenvalue weighted by Crippen LogP contribution is -2.60. The van der Waals surface area contributed by atoms with Gasteiger partial charge in [0.2, 0.25) is 0 Å². The van der Waals surface area contributed by atoms with E-state index in [9.17, 15) is 8.42 Å². The highest BCUT2D eigenvalue weighted by molar-refractivity contribution is 7.91. The molecule has 2 aliphatic rings. The van der Waals surface area contributed by atoms with Crippen molar-refractivity contribution in [1.29, 1.82) is 0 Å². The molecule has 0 atom stereocenters. The van der Waals surface area contributed by atoms with Crippen LogP contribution in [0, 0.1) is 0 Å². The fourth-order valence-corrected chi connectivity index (χ4v) is 2.85. The molecule has 0 aromatic heterocycles. The van der Waals surface area contributed by atoms with Gasteiger partial charge in [-0.1, -0.05) is 0 Å². The first-order valence-corrected chi connectivity index (χ1v) is 6.15. The number of halogens is 1. The van der Waals surface area contributed by atoms with Gasteiger partial charge in [-0.2, -0.15) is 0 Å². The van der Waals surface area contributed by atoms with Crippen LogP contribution in [-0.4, -0.2) is 57.0 Å². The van der Waals surface area contributed by atoms with Crippen molar-refractivity contribution < 1.29 is 8.42 Å². The lowest BCUT2D eigenvalue weighted by molar-refractivity contribution is 0.157. The summed E-state index contributed by atoms with van der Waals surface area (Å²) in [5.74, 6) is 0.701. The third-order valence-electron chi connectivity index (χ3n) is 2.66. The van der Waals surface area contributed by atoms with Crippen LogP contribution in [0.25, 0.3) is 0 Å². The predicted molar refractivity (Wildman–Crippen MR) is 54.1 cm³/mol. The quantitative estimate of drug-likeness (QED) is 0.631. The Balaban J connectivity index is 0.000000845. The monoisotopic (exact) mass is 226 g/mol. The SMILES string of the molecule is Cl.O=S1(=O)CCN(C2CNC2)CC1. The van der Waals surface area contributed by atoms with Crippen molar-refractivity contribution in [3.63, 3.8) is 0 Å². The van der Waals surface area contributed by atoms with Crippen LogP contribution in [0.3, 0.4) is 0 Å². The maximum absolute atomic E-state index is 11.1. The number of nitrogens with one attached hydrogen (secondary N) is 1. The molecule has 2 fully saturated rings. The van der Waals surface area contributed by atoms with Crippen molar-refractivity contribution >= 4 is 22.2 Å². The summed E-state index contributed by atoms with van der Waals surface area (Å²) in [4.78, 5) is 2.28. The van der Waals surface area contributed by atoms with E-state index in [1.165, 1.54) is 0 Å². The Morgan fingerprint density at radius 2 is 1.69 bits per heavy atom. The molecule has 0 aliphatic carbocycles. The highest BCUT2D eigenvalue weighted by Crippen LogP contribution is 2.10. The molecule has 0 amide bonds. The van der Waals surface area contributed by atoms with Crippen LogP contribution in [0.2, 0.25) is 0 Å². The molecule has 13 heavy (non-hydrogen) atoms. The van der Waals surface area contributed by atoms with E-state index in [-0.39, 0.29) is 12.4 Å². The Hall–Kier alpha value is 0.160. The lowest BCUT2D eigenvalue weighted by Gasteiger charge is -2.39. The van der Waals surface area contributed by atoms with Crippen molar-refractivity contribution in [2.45, 2.75) is 6.04 Å². The van der Waals surface area contributed by atoms with Gasteiger partial charge in [0.15, 0.2) is 9.84 Å². The second-order valence-corrected chi connectivity index (χ2v) is 5.80. The minimum Gasteiger partial charge on any atom is -0.314 e. The van der Waals surface area contributed by atoms with Crippen molar-refractivity contribution in [3.05, 3.63) is 0 Å². The van der Waals surface area contributed by atoms with Crippen molar-refractivity contribution in [2.75, 3.05) is 37.7 Å². The van der Waals surface area contributed by atoms with E-state index in [0.717, 1.165) is 26.2 Å². The molecule has 78 valence electrons. The molecule has 0 radical (unpaired) electrons. The van der Waals surface area contributed by atoms with Crippen LogP contribution in [0.5, 0.6) is 0 Å². The van der Waals surface area contributed by atoms with Gasteiger partial charge in [0.05, 0.1) is 11.5 Å². The molecule has 2 heterocycles. The molecule has 0 saturated carbocycles. The molecule has 0 spiro atoms. The Kier molecular flexibility index (Phi) is 3.57. The highest BCUT2D eigenvalue weighted by Gasteiger charge is 2.29. The Morgan fingerprint density at radius 1 is 1.15 bits per heavy atom. The zero-order valence-corrected chi connectivity index (χ0v) is 9.03. The zero-order chi connectivity index (χ0) is 8.60. The average molecular weight is 227 g/mol. The maximum Gasteiger partial charge on any atom is 0.152 e. The first-order chi connectivity index (χ1) is 5.67. The van der Waals surface area contributed by atoms with Gasteiger partial charge in [0, 0.05) is 32.2 Å². The minimum atomic E-state index is -2.70. The standard InChI is InChI=1S/C7H14N2O2S.ClH/c10-12(11)3-1-9(2-4-12)7-5-8-6-7;/h7-8H,1-6H2;1H. The van der Waals surface area contributed by atoms with E-state index in [0.29, 0.717) is 17.5 Å². The number of hydrogen-bond acceptors (Lipinski definition) is 4. The Bertz CT molecular complexity index is 250. The predicted octanol–water partition coefficient (Wildman–Crippen LogP) is -0.890. The molecule has 4 nitrogen and oxygen atoms in total. The molecule has 0 aromatic carbocycles. The maximum atomic E-state index is 11.1. The van der Waals surface area contributed by atoms with E-state index >= 15 is 0 Å². The van der Waals surface area contributed by atoms with Gasteiger partial charge in [-0.15, -0.1) is 12.4 Å². The largest absolute Gasteiger partial charge is 0.314 e. The normalized spacial score (nSPS) is 28.9. The average Bonchev–Trinajstić information content (AvgIpc) is 1.89. The van der Waals surface area contributed by atoms with Crippen molar-refractivity contribution in [1.82, 2.24) is 10.2 Å². The fourth-order valence-electron chi connectivity index (χ4n) is 1.62. The lowest BCUT2D eigenvalue weighted by atomic mass is 10.1. The molecule has 0 unspecified atom stereocenters. The zero-order valence-electron chi connectivity index (χ0n) is 7.40. The van der Waals surface area contributed by atoms with Gasteiger partial charge in [-0.3, -0.25) is 4.90 Å². The van der Waals surface area contributed by atoms with Gasteiger partial charge in [0.25, 0.3) is 0 Å². The molecule has 2 saturated heterocycles. The first-order valence-electron chi connectivity index (χ1n) is 4.32. The Labute approximate surface area is 85.0 Å². The number of nitrogens with zero attached hydrogens (tertiary/aromatic N) is 1. The van der Waals surface area contributed by atoms with E-state index in [1.54, 1.807) is 0 Å². The van der Waals surface area contributed by atoms with E-state index in [2.05, 4.69) is 10.2 Å². The third-order valence-corrected chi connectivity index (χ3v) is 4.26. The summed E-state index contributed by atoms with van der Waals surface area (Å²) < 4.78 is 22.2. The van der Waals surface area contributed by atoms with E-state index in [4.69, 9.17) is 0 Å². The summed E-state index contributed by atoms with van der Waals surface area (Å²) in [7, 11) is -2.70. The van der Waals surface area contributed by atoms with Gasteiger partial charge in [-0.05, 0) is 0 Å². The van der Waals surface area contributed by atoms with E-state index < -0.39 is 9.84 Å². The van der Waals surface area contributed by atoms with E-state index in [1.807, 2.05) is 0 Å². The summed E-state index contributed by atoms with van der Waals surface area (Å²) in [6.07, 6.45) is 0. The molecule has 2 rings (SSSR count). The smallest absolute Gasteiger partial charge is 0.152 e. The van der Waals surface area contributed by atoms with Gasteiger partial charge in [-0.25, -0.2) is 8.42 Å². The summed E-state index contributed by atoms with van der Waals surface area (Å²) in [5.41, 5.74) is 0. The van der Waals surface area contributed by atoms with Crippen LogP contribution in [0.15, 0.2) is 0 Å².